The molecule has 2 amide bonds. The molecule has 7 rings (SSSR count). The molecule has 2 aromatic rings. The van der Waals surface area contributed by atoms with Gasteiger partial charge in [0, 0.05) is 22.8 Å². The third-order valence-corrected chi connectivity index (χ3v) is 8.13. The number of nitrogens with one attached hydrogen (secondary N) is 4. The molecule has 178 valence electrons. The summed E-state index contributed by atoms with van der Waals surface area (Å²) >= 11 is 0. The van der Waals surface area contributed by atoms with Gasteiger partial charge in [-0.2, -0.15) is 0 Å². The van der Waals surface area contributed by atoms with Crippen LogP contribution in [0.3, 0.4) is 0 Å². The van der Waals surface area contributed by atoms with E-state index in [0.717, 1.165) is 42.0 Å². The van der Waals surface area contributed by atoms with Crippen LogP contribution in [0.25, 0.3) is 0 Å². The summed E-state index contributed by atoms with van der Waals surface area (Å²) < 4.78 is 0. The number of amides is 2. The van der Waals surface area contributed by atoms with E-state index in [9.17, 15) is 9.59 Å². The molecule has 6 heteroatoms. The fraction of sp³-hybridized carbons (Fsp3) is 0.500. The third kappa shape index (κ3) is 4.63. The van der Waals surface area contributed by atoms with Gasteiger partial charge in [0.2, 0.25) is 5.91 Å². The predicted molar refractivity (Wildman–Crippen MR) is 135 cm³/mol. The number of benzene rings is 2. The molecule has 0 heterocycles. The molecule has 0 radical (unpaired) electrons. The summed E-state index contributed by atoms with van der Waals surface area (Å²) in [6.07, 6.45) is 10.2. The Hall–Kier alpha value is -3.02. The molecule has 5 aliphatic rings. The Morgan fingerprint density at radius 3 is 2.21 bits per heavy atom. The minimum Gasteiger partial charge on any atom is -0.378 e. The van der Waals surface area contributed by atoms with Crippen LogP contribution in [0.1, 0.15) is 61.7 Å². The van der Waals surface area contributed by atoms with Crippen molar-refractivity contribution in [2.75, 3.05) is 22.5 Å². The summed E-state index contributed by atoms with van der Waals surface area (Å²) in [5.74, 6) is 2.43. The summed E-state index contributed by atoms with van der Waals surface area (Å²) in [6, 6.07) is 15.7. The number of rotatable bonds is 8. The second-order valence-corrected chi connectivity index (χ2v) is 11.1. The van der Waals surface area contributed by atoms with Gasteiger partial charge >= 0.3 is 0 Å². The molecule has 34 heavy (non-hydrogen) atoms. The van der Waals surface area contributed by atoms with Gasteiger partial charge in [0.1, 0.15) is 0 Å². The van der Waals surface area contributed by atoms with Gasteiger partial charge in [-0.1, -0.05) is 18.2 Å². The summed E-state index contributed by atoms with van der Waals surface area (Å²) in [6.45, 7) is 0.165. The van der Waals surface area contributed by atoms with Crippen molar-refractivity contribution in [3.63, 3.8) is 0 Å². The highest BCUT2D eigenvalue weighted by atomic mass is 16.2. The Balaban J connectivity index is 1.08. The maximum Gasteiger partial charge on any atom is 0.251 e. The van der Waals surface area contributed by atoms with Crippen LogP contribution in [0, 0.1) is 17.8 Å². The normalized spacial score (nSPS) is 28.9. The Kier molecular flexibility index (Phi) is 5.47. The highest BCUT2D eigenvalue weighted by Crippen LogP contribution is 2.56. The Morgan fingerprint density at radius 1 is 0.853 bits per heavy atom. The second-order valence-electron chi connectivity index (χ2n) is 11.1. The lowest BCUT2D eigenvalue weighted by atomic mass is 9.53. The first-order valence-electron chi connectivity index (χ1n) is 12.9. The van der Waals surface area contributed by atoms with Crippen LogP contribution < -0.4 is 21.3 Å². The van der Waals surface area contributed by atoms with Crippen LogP contribution in [0.4, 0.5) is 17.1 Å². The Labute approximate surface area is 201 Å². The summed E-state index contributed by atoms with van der Waals surface area (Å²) in [7, 11) is 0. The predicted octanol–water partition coefficient (Wildman–Crippen LogP) is 5.01. The van der Waals surface area contributed by atoms with Crippen molar-refractivity contribution in [2.24, 2.45) is 17.8 Å². The lowest BCUT2D eigenvalue weighted by Crippen LogP contribution is -2.54. The monoisotopic (exact) mass is 458 g/mol. The number of hydrogen-bond acceptors (Lipinski definition) is 4. The standard InChI is InChI=1S/C28H34N4O2/c33-26(30-23-5-3-4-21(13-23)27(34)31-22-8-9-22)17-29-24-6-1-2-7-25(24)32-28-14-18-10-19(15-28)12-20(11-18)16-28/h1-7,13,18-20,22,29,32H,8-12,14-17H2,(H,30,33)(H,31,34). The molecule has 4 bridgehead atoms. The van der Waals surface area contributed by atoms with Crippen LogP contribution in [-0.2, 0) is 4.79 Å². The summed E-state index contributed by atoms with van der Waals surface area (Å²) in [5, 5.41) is 13.2. The fourth-order valence-electron chi connectivity index (χ4n) is 6.91. The first-order chi connectivity index (χ1) is 16.5. The molecule has 6 nitrogen and oxygen atoms in total. The minimum atomic E-state index is -0.135. The molecule has 4 N–H and O–H groups in total. The van der Waals surface area contributed by atoms with E-state index in [-0.39, 0.29) is 23.9 Å². The van der Waals surface area contributed by atoms with Crippen molar-refractivity contribution < 1.29 is 9.59 Å². The topological polar surface area (TPSA) is 82.3 Å². The molecule has 0 aliphatic heterocycles. The van der Waals surface area contributed by atoms with Gasteiger partial charge in [-0.25, -0.2) is 0 Å². The van der Waals surface area contributed by atoms with Gasteiger partial charge in [0.05, 0.1) is 17.9 Å². The van der Waals surface area contributed by atoms with Crippen molar-refractivity contribution >= 4 is 28.9 Å². The van der Waals surface area contributed by atoms with E-state index in [2.05, 4.69) is 33.4 Å². The summed E-state index contributed by atoms with van der Waals surface area (Å²) in [4.78, 5) is 25.0. The van der Waals surface area contributed by atoms with E-state index < -0.39 is 0 Å². The number of carbonyl (C=O) groups is 2. The maximum absolute atomic E-state index is 12.7. The fourth-order valence-corrected chi connectivity index (χ4v) is 6.91. The molecular formula is C28H34N4O2. The van der Waals surface area contributed by atoms with Gasteiger partial charge < -0.3 is 21.3 Å². The maximum atomic E-state index is 12.7. The van der Waals surface area contributed by atoms with Crippen LogP contribution in [0.15, 0.2) is 48.5 Å². The Morgan fingerprint density at radius 2 is 1.53 bits per heavy atom. The van der Waals surface area contributed by atoms with Crippen LogP contribution in [0.5, 0.6) is 0 Å². The van der Waals surface area contributed by atoms with Crippen molar-refractivity contribution in [3.05, 3.63) is 54.1 Å². The SMILES string of the molecule is O=C(CNc1ccccc1NC12CC3CC(CC(C3)C1)C2)Nc1cccc(C(=O)NC2CC2)c1. The number of para-hydroxylation sites is 2. The van der Waals surface area contributed by atoms with Crippen molar-refractivity contribution in [3.8, 4) is 0 Å². The number of hydrogen-bond donors (Lipinski definition) is 4. The largest absolute Gasteiger partial charge is 0.378 e. The van der Waals surface area contributed by atoms with E-state index in [4.69, 9.17) is 0 Å². The van der Waals surface area contributed by atoms with Crippen LogP contribution in [0.2, 0.25) is 0 Å². The zero-order valence-corrected chi connectivity index (χ0v) is 19.6. The first kappa shape index (κ1) is 21.5. The smallest absolute Gasteiger partial charge is 0.251 e. The minimum absolute atomic E-state index is 0.0820. The first-order valence-corrected chi connectivity index (χ1v) is 12.9. The van der Waals surface area contributed by atoms with E-state index >= 15 is 0 Å². The van der Waals surface area contributed by atoms with Crippen molar-refractivity contribution in [1.82, 2.24) is 5.32 Å². The third-order valence-electron chi connectivity index (χ3n) is 8.13. The highest BCUT2D eigenvalue weighted by molar-refractivity contribution is 5.98. The zero-order valence-electron chi connectivity index (χ0n) is 19.6. The molecule has 0 atom stereocenters. The van der Waals surface area contributed by atoms with E-state index in [0.29, 0.717) is 17.3 Å². The quantitative estimate of drug-likeness (QED) is 0.448. The van der Waals surface area contributed by atoms with E-state index in [1.165, 1.54) is 38.5 Å². The van der Waals surface area contributed by atoms with Gasteiger partial charge in [-0.05, 0) is 99.5 Å². The van der Waals surface area contributed by atoms with E-state index in [1.54, 1.807) is 18.2 Å². The van der Waals surface area contributed by atoms with Crippen molar-refractivity contribution in [2.45, 2.75) is 62.9 Å². The molecule has 0 saturated heterocycles. The molecule has 2 aromatic carbocycles. The average Bonchev–Trinajstić information content (AvgIpc) is 3.61. The lowest BCUT2D eigenvalue weighted by molar-refractivity contribution is -0.114. The second kappa shape index (κ2) is 8.64. The molecule has 0 spiro atoms. The van der Waals surface area contributed by atoms with Gasteiger partial charge in [0.15, 0.2) is 0 Å². The zero-order chi connectivity index (χ0) is 23.1. The lowest BCUT2D eigenvalue weighted by Gasteiger charge is -2.57. The molecule has 0 aromatic heterocycles. The number of carbonyl (C=O) groups excluding carboxylic acids is 2. The molecule has 0 unspecified atom stereocenters. The average molecular weight is 459 g/mol. The van der Waals surface area contributed by atoms with Crippen LogP contribution >= 0.6 is 0 Å². The van der Waals surface area contributed by atoms with Gasteiger partial charge in [-0.15, -0.1) is 0 Å². The number of anilines is 3. The highest BCUT2D eigenvalue weighted by Gasteiger charge is 2.51. The molecule has 5 fully saturated rings. The molecule has 5 aliphatic carbocycles. The molecular weight excluding hydrogens is 424 g/mol. The van der Waals surface area contributed by atoms with Gasteiger partial charge in [0.25, 0.3) is 5.91 Å². The molecule has 5 saturated carbocycles. The summed E-state index contributed by atoms with van der Waals surface area (Å²) in [5.41, 5.74) is 3.48. The Bertz CT molecular complexity index is 1060. The van der Waals surface area contributed by atoms with Crippen molar-refractivity contribution in [1.29, 1.82) is 0 Å². The van der Waals surface area contributed by atoms with Crippen LogP contribution in [-0.4, -0.2) is 29.9 Å². The van der Waals surface area contributed by atoms with Gasteiger partial charge in [-0.3, -0.25) is 9.59 Å². The van der Waals surface area contributed by atoms with E-state index in [1.807, 2.05) is 18.2 Å².